The average Bonchev–Trinajstić information content (AvgIpc) is 3.42. The maximum absolute atomic E-state index is 10.1. The van der Waals surface area contributed by atoms with Crippen molar-refractivity contribution in [3.05, 3.63) is 47.9 Å². The first-order valence-electron chi connectivity index (χ1n) is 9.79. The van der Waals surface area contributed by atoms with Gasteiger partial charge >= 0.3 is 0 Å². The Kier molecular flexibility index (Phi) is 7.19. The zero-order valence-corrected chi connectivity index (χ0v) is 16.6. The summed E-state index contributed by atoms with van der Waals surface area (Å²) in [5, 5.41) is 16.8. The van der Waals surface area contributed by atoms with Crippen molar-refractivity contribution in [3.63, 3.8) is 0 Å². The van der Waals surface area contributed by atoms with Crippen LogP contribution in [-0.2, 0) is 6.42 Å². The van der Waals surface area contributed by atoms with Crippen LogP contribution in [-0.4, -0.2) is 56.3 Å². The molecular weight excluding hydrogens is 356 g/mol. The highest BCUT2D eigenvalue weighted by molar-refractivity contribution is 5.79. The monoisotopic (exact) mass is 386 g/mol. The Morgan fingerprint density at radius 1 is 1.29 bits per heavy atom. The van der Waals surface area contributed by atoms with Gasteiger partial charge in [-0.3, -0.25) is 9.89 Å². The topological polar surface area (TPSA) is 82.3 Å². The van der Waals surface area contributed by atoms with Crippen molar-refractivity contribution < 1.29 is 14.3 Å². The first kappa shape index (κ1) is 20.1. The highest BCUT2D eigenvalue weighted by Crippen LogP contribution is 2.25. The molecule has 1 aromatic carbocycles. The molecule has 0 saturated carbocycles. The first-order chi connectivity index (χ1) is 13.7. The van der Waals surface area contributed by atoms with Gasteiger partial charge in [0.05, 0.1) is 19.4 Å². The summed E-state index contributed by atoms with van der Waals surface area (Å²) >= 11 is 0. The third-order valence-corrected chi connectivity index (χ3v) is 5.12. The molecular formula is C21H30N4O3. The van der Waals surface area contributed by atoms with Crippen molar-refractivity contribution in [1.29, 1.82) is 0 Å². The SMILES string of the molecule is CN=C(NCCc1ccc(OC)cc1O)NCC(c1ccco1)N1CCCC1. The second-order valence-electron chi connectivity index (χ2n) is 6.90. The van der Waals surface area contributed by atoms with E-state index in [4.69, 9.17) is 9.15 Å². The highest BCUT2D eigenvalue weighted by Gasteiger charge is 2.25. The van der Waals surface area contributed by atoms with Crippen molar-refractivity contribution in [3.8, 4) is 11.5 Å². The Balaban J connectivity index is 1.51. The van der Waals surface area contributed by atoms with Crippen LogP contribution in [0.25, 0.3) is 0 Å². The molecule has 7 heteroatoms. The fraction of sp³-hybridized carbons (Fsp3) is 0.476. The zero-order chi connectivity index (χ0) is 19.8. The van der Waals surface area contributed by atoms with E-state index in [0.29, 0.717) is 18.7 Å². The number of likely N-dealkylation sites (tertiary alicyclic amines) is 1. The van der Waals surface area contributed by atoms with Gasteiger partial charge in [0.1, 0.15) is 17.3 Å². The summed E-state index contributed by atoms with van der Waals surface area (Å²) in [5.74, 6) is 2.62. The molecule has 2 heterocycles. The van der Waals surface area contributed by atoms with E-state index >= 15 is 0 Å². The summed E-state index contributed by atoms with van der Waals surface area (Å²) in [6, 6.07) is 9.53. The van der Waals surface area contributed by atoms with Crippen molar-refractivity contribution in [1.82, 2.24) is 15.5 Å². The summed E-state index contributed by atoms with van der Waals surface area (Å²) in [4.78, 5) is 6.76. The van der Waals surface area contributed by atoms with Gasteiger partial charge in [0.25, 0.3) is 0 Å². The fourth-order valence-corrected chi connectivity index (χ4v) is 3.56. The molecule has 0 aliphatic carbocycles. The van der Waals surface area contributed by atoms with E-state index in [1.165, 1.54) is 12.8 Å². The normalized spacial score (nSPS) is 16.1. The van der Waals surface area contributed by atoms with Crippen LogP contribution < -0.4 is 15.4 Å². The average molecular weight is 386 g/mol. The van der Waals surface area contributed by atoms with E-state index in [9.17, 15) is 5.11 Å². The number of guanidine groups is 1. The highest BCUT2D eigenvalue weighted by atomic mass is 16.5. The van der Waals surface area contributed by atoms with E-state index in [1.807, 2.05) is 24.3 Å². The number of phenolic OH excluding ortho intramolecular Hbond substituents is 1. The van der Waals surface area contributed by atoms with Crippen LogP contribution in [0, 0.1) is 0 Å². The number of methoxy groups -OCH3 is 1. The lowest BCUT2D eigenvalue weighted by molar-refractivity contribution is 0.215. The third-order valence-electron chi connectivity index (χ3n) is 5.12. The number of nitrogens with one attached hydrogen (secondary N) is 2. The molecule has 0 amide bonds. The molecule has 3 rings (SSSR count). The van der Waals surface area contributed by atoms with Crippen LogP contribution in [0.1, 0.15) is 30.2 Å². The Morgan fingerprint density at radius 3 is 2.75 bits per heavy atom. The quantitative estimate of drug-likeness (QED) is 0.478. The summed E-state index contributed by atoms with van der Waals surface area (Å²) in [5.41, 5.74) is 0.870. The van der Waals surface area contributed by atoms with Gasteiger partial charge in [-0.1, -0.05) is 6.07 Å². The van der Waals surface area contributed by atoms with E-state index < -0.39 is 0 Å². The molecule has 1 fully saturated rings. The molecule has 7 nitrogen and oxygen atoms in total. The van der Waals surface area contributed by atoms with E-state index in [2.05, 4.69) is 20.5 Å². The lowest BCUT2D eigenvalue weighted by atomic mass is 10.1. The minimum Gasteiger partial charge on any atom is -0.508 e. The number of hydrogen-bond acceptors (Lipinski definition) is 5. The van der Waals surface area contributed by atoms with Gasteiger partial charge in [-0.25, -0.2) is 0 Å². The van der Waals surface area contributed by atoms with Gasteiger partial charge < -0.3 is 24.9 Å². The molecule has 28 heavy (non-hydrogen) atoms. The Hall–Kier alpha value is -2.67. The van der Waals surface area contributed by atoms with Crippen LogP contribution in [0.2, 0.25) is 0 Å². The number of aliphatic imine (C=N–C) groups is 1. The Bertz CT molecular complexity index is 755. The zero-order valence-electron chi connectivity index (χ0n) is 16.6. The summed E-state index contributed by atoms with van der Waals surface area (Å²) in [6.45, 7) is 3.57. The number of phenols is 1. The van der Waals surface area contributed by atoms with Gasteiger partial charge in [0.15, 0.2) is 5.96 Å². The molecule has 0 radical (unpaired) electrons. The number of hydrogen-bond donors (Lipinski definition) is 3. The first-order valence-corrected chi connectivity index (χ1v) is 9.79. The van der Waals surface area contributed by atoms with E-state index in [1.54, 1.807) is 26.5 Å². The number of rotatable bonds is 8. The molecule has 1 aromatic heterocycles. The smallest absolute Gasteiger partial charge is 0.191 e. The van der Waals surface area contributed by atoms with Crippen molar-refractivity contribution in [2.24, 2.45) is 4.99 Å². The van der Waals surface area contributed by atoms with Crippen molar-refractivity contribution in [2.45, 2.75) is 25.3 Å². The summed E-state index contributed by atoms with van der Waals surface area (Å²) in [7, 11) is 3.35. The maximum Gasteiger partial charge on any atom is 0.191 e. The fourth-order valence-electron chi connectivity index (χ4n) is 3.56. The van der Waals surface area contributed by atoms with Gasteiger partial charge in [0.2, 0.25) is 0 Å². The second kappa shape index (κ2) is 10.0. The van der Waals surface area contributed by atoms with E-state index in [-0.39, 0.29) is 11.8 Å². The van der Waals surface area contributed by atoms with Gasteiger partial charge in [-0.2, -0.15) is 0 Å². The van der Waals surface area contributed by atoms with Crippen molar-refractivity contribution >= 4 is 5.96 Å². The largest absolute Gasteiger partial charge is 0.508 e. The van der Waals surface area contributed by atoms with Crippen LogP contribution in [0.15, 0.2) is 46.0 Å². The molecule has 1 unspecified atom stereocenters. The number of aromatic hydroxyl groups is 1. The van der Waals surface area contributed by atoms with Gasteiger partial charge in [0, 0.05) is 26.2 Å². The predicted molar refractivity (Wildman–Crippen MR) is 110 cm³/mol. The molecule has 1 saturated heterocycles. The number of ether oxygens (including phenoxy) is 1. The Labute approximate surface area is 166 Å². The van der Waals surface area contributed by atoms with Crippen LogP contribution in [0.5, 0.6) is 11.5 Å². The summed E-state index contributed by atoms with van der Waals surface area (Å²) < 4.78 is 10.8. The van der Waals surface area contributed by atoms with Crippen LogP contribution in [0.3, 0.4) is 0 Å². The molecule has 1 aliphatic heterocycles. The standard InChI is InChI=1S/C21H30N4O3/c1-22-21(23-10-9-16-7-8-17(27-2)14-19(16)26)24-15-18(20-6-5-13-28-20)25-11-3-4-12-25/h5-8,13-14,18,26H,3-4,9-12,15H2,1-2H3,(H2,22,23,24). The van der Waals surface area contributed by atoms with Gasteiger partial charge in [-0.05, 0) is 56.1 Å². The van der Waals surface area contributed by atoms with Crippen LogP contribution >= 0.6 is 0 Å². The molecule has 2 aromatic rings. The predicted octanol–water partition coefficient (Wildman–Crippen LogP) is 2.54. The lowest BCUT2D eigenvalue weighted by Crippen LogP contribution is -2.43. The van der Waals surface area contributed by atoms with E-state index in [0.717, 1.165) is 36.9 Å². The molecule has 0 bridgehead atoms. The number of furan rings is 1. The minimum atomic E-state index is 0.196. The minimum absolute atomic E-state index is 0.196. The molecule has 1 atom stereocenters. The maximum atomic E-state index is 10.1. The second-order valence-corrected chi connectivity index (χ2v) is 6.90. The molecule has 1 aliphatic rings. The number of nitrogens with zero attached hydrogens (tertiary/aromatic N) is 2. The lowest BCUT2D eigenvalue weighted by Gasteiger charge is -2.26. The molecule has 3 N–H and O–H groups in total. The van der Waals surface area contributed by atoms with Crippen molar-refractivity contribution in [2.75, 3.05) is 40.3 Å². The van der Waals surface area contributed by atoms with Crippen LogP contribution in [0.4, 0.5) is 0 Å². The third kappa shape index (κ3) is 5.19. The Morgan fingerprint density at radius 2 is 2.11 bits per heavy atom. The molecule has 152 valence electrons. The van der Waals surface area contributed by atoms with Gasteiger partial charge in [-0.15, -0.1) is 0 Å². The molecule has 0 spiro atoms. The number of benzene rings is 1. The summed E-state index contributed by atoms with van der Waals surface area (Å²) in [6.07, 6.45) is 4.88.